The molecule has 0 unspecified atom stereocenters. The van der Waals surface area contributed by atoms with E-state index in [1.54, 1.807) is 13.8 Å². The average Bonchev–Trinajstić information content (AvgIpc) is 2.15. The Morgan fingerprint density at radius 3 is 2.12 bits per heavy atom. The van der Waals surface area contributed by atoms with Gasteiger partial charge in [0.15, 0.2) is 0 Å². The van der Waals surface area contributed by atoms with Crippen LogP contribution in [0.3, 0.4) is 0 Å². The molecule has 0 aliphatic carbocycles. The predicted octanol–water partition coefficient (Wildman–Crippen LogP) is 2.17. The molecule has 0 fully saturated rings. The summed E-state index contributed by atoms with van der Waals surface area (Å²) >= 11 is 0. The highest BCUT2D eigenvalue weighted by molar-refractivity contribution is 5.85. The summed E-state index contributed by atoms with van der Waals surface area (Å²) < 4.78 is 0. The molecule has 0 saturated heterocycles. The van der Waals surface area contributed by atoms with Gasteiger partial charge in [-0.25, -0.2) is 0 Å². The van der Waals surface area contributed by atoms with Crippen molar-refractivity contribution < 1.29 is 10.0 Å². The summed E-state index contributed by atoms with van der Waals surface area (Å²) in [7, 11) is 0. The monoisotopic (exact) mass is 230 g/mol. The Bertz CT molecular complexity index is 232. The number of carbonyl (C=O) groups excluding carboxylic acids is 1. The second kappa shape index (κ2) is 5.64. The molecule has 96 valence electrons. The molecule has 1 amide bonds. The fourth-order valence-corrected chi connectivity index (χ4v) is 1.53. The first kappa shape index (κ1) is 15.4. The van der Waals surface area contributed by atoms with Crippen LogP contribution in [0.15, 0.2) is 0 Å². The lowest BCUT2D eigenvalue weighted by molar-refractivity contribution is -0.217. The zero-order chi connectivity index (χ0) is 13.0. The molecule has 4 heteroatoms. The summed E-state index contributed by atoms with van der Waals surface area (Å²) in [5.41, 5.74) is -1.36. The Labute approximate surface area is 99.0 Å². The van der Waals surface area contributed by atoms with Gasteiger partial charge in [0.2, 0.25) is 5.91 Å². The third-order valence-corrected chi connectivity index (χ3v) is 2.54. The summed E-state index contributed by atoms with van der Waals surface area (Å²) in [4.78, 5) is 11.9. The van der Waals surface area contributed by atoms with Crippen LogP contribution < -0.4 is 5.32 Å². The molecule has 0 rings (SSSR count). The van der Waals surface area contributed by atoms with Gasteiger partial charge in [-0.15, -0.1) is 0 Å². The van der Waals surface area contributed by atoms with E-state index in [9.17, 15) is 10.0 Å². The minimum atomic E-state index is -0.911. The standard InChI is InChI=1S/C12H26N2O2/c1-7-8-9-13-10(15)12(5,6)14(16)11(2,3)4/h16H,7-9H2,1-6H3,(H,13,15). The van der Waals surface area contributed by atoms with Crippen LogP contribution in [0.2, 0.25) is 0 Å². The molecular formula is C12H26N2O2. The Kier molecular flexibility index (Phi) is 5.42. The van der Waals surface area contributed by atoms with Crippen LogP contribution in [0.1, 0.15) is 54.4 Å². The fourth-order valence-electron chi connectivity index (χ4n) is 1.53. The molecule has 0 aromatic carbocycles. The van der Waals surface area contributed by atoms with Crippen LogP contribution in [-0.4, -0.2) is 33.8 Å². The van der Waals surface area contributed by atoms with E-state index in [1.807, 2.05) is 20.8 Å². The van der Waals surface area contributed by atoms with Gasteiger partial charge < -0.3 is 10.5 Å². The van der Waals surface area contributed by atoms with E-state index in [2.05, 4.69) is 12.2 Å². The first-order valence-corrected chi connectivity index (χ1v) is 5.91. The van der Waals surface area contributed by atoms with E-state index < -0.39 is 11.1 Å². The van der Waals surface area contributed by atoms with Gasteiger partial charge in [0.05, 0.1) is 0 Å². The van der Waals surface area contributed by atoms with Crippen molar-refractivity contribution in [3.8, 4) is 0 Å². The molecule has 0 aromatic heterocycles. The number of unbranched alkanes of at least 4 members (excludes halogenated alkanes) is 1. The maximum absolute atomic E-state index is 11.9. The van der Waals surface area contributed by atoms with Gasteiger partial charge in [-0.3, -0.25) is 4.79 Å². The molecule has 0 radical (unpaired) electrons. The largest absolute Gasteiger partial charge is 0.354 e. The minimum Gasteiger partial charge on any atom is -0.354 e. The van der Waals surface area contributed by atoms with Crippen LogP contribution in [0.4, 0.5) is 0 Å². The van der Waals surface area contributed by atoms with E-state index in [4.69, 9.17) is 0 Å². The normalized spacial score (nSPS) is 13.0. The Balaban J connectivity index is 4.47. The zero-order valence-electron chi connectivity index (χ0n) is 11.4. The van der Waals surface area contributed by atoms with Crippen LogP contribution in [0.25, 0.3) is 0 Å². The smallest absolute Gasteiger partial charge is 0.242 e. The van der Waals surface area contributed by atoms with E-state index in [0.717, 1.165) is 17.9 Å². The van der Waals surface area contributed by atoms with Crippen molar-refractivity contribution in [3.05, 3.63) is 0 Å². The molecule has 0 heterocycles. The summed E-state index contributed by atoms with van der Waals surface area (Å²) in [5.74, 6) is -0.140. The Hall–Kier alpha value is -0.610. The van der Waals surface area contributed by atoms with Gasteiger partial charge in [0, 0.05) is 12.1 Å². The highest BCUT2D eigenvalue weighted by Crippen LogP contribution is 2.22. The van der Waals surface area contributed by atoms with Gasteiger partial charge in [-0.05, 0) is 41.0 Å². The molecule has 0 aromatic rings. The summed E-state index contributed by atoms with van der Waals surface area (Å²) in [5, 5.41) is 14.0. The third-order valence-electron chi connectivity index (χ3n) is 2.54. The number of nitrogens with zero attached hydrogens (tertiary/aromatic N) is 1. The van der Waals surface area contributed by atoms with E-state index in [-0.39, 0.29) is 5.91 Å². The second-order valence-electron chi connectivity index (χ2n) is 5.65. The number of rotatable bonds is 5. The third kappa shape index (κ3) is 4.10. The lowest BCUT2D eigenvalue weighted by Gasteiger charge is -2.40. The van der Waals surface area contributed by atoms with Gasteiger partial charge in [0.25, 0.3) is 0 Å². The summed E-state index contributed by atoms with van der Waals surface area (Å²) in [6.45, 7) is 11.8. The van der Waals surface area contributed by atoms with E-state index >= 15 is 0 Å². The Morgan fingerprint density at radius 1 is 1.25 bits per heavy atom. The topological polar surface area (TPSA) is 52.6 Å². The van der Waals surface area contributed by atoms with E-state index in [1.165, 1.54) is 0 Å². The second-order valence-corrected chi connectivity index (χ2v) is 5.65. The number of hydroxylamine groups is 2. The van der Waals surface area contributed by atoms with Crippen molar-refractivity contribution in [2.24, 2.45) is 0 Å². The molecule has 0 aliphatic heterocycles. The van der Waals surface area contributed by atoms with Crippen molar-refractivity contribution in [1.82, 2.24) is 10.4 Å². The van der Waals surface area contributed by atoms with Gasteiger partial charge in [-0.1, -0.05) is 13.3 Å². The van der Waals surface area contributed by atoms with Gasteiger partial charge in [-0.2, -0.15) is 5.06 Å². The molecule has 0 saturated carbocycles. The first-order chi connectivity index (χ1) is 7.14. The zero-order valence-corrected chi connectivity index (χ0v) is 11.4. The number of hydrogen-bond acceptors (Lipinski definition) is 3. The van der Waals surface area contributed by atoms with Crippen molar-refractivity contribution in [2.45, 2.75) is 65.5 Å². The SMILES string of the molecule is CCCCNC(=O)C(C)(C)N(O)C(C)(C)C. The molecule has 16 heavy (non-hydrogen) atoms. The van der Waals surface area contributed by atoms with Crippen molar-refractivity contribution >= 4 is 5.91 Å². The quantitative estimate of drug-likeness (QED) is 0.562. The first-order valence-electron chi connectivity index (χ1n) is 5.91. The molecular weight excluding hydrogens is 204 g/mol. The maximum Gasteiger partial charge on any atom is 0.242 e. The summed E-state index contributed by atoms with van der Waals surface area (Å²) in [6.07, 6.45) is 2.01. The van der Waals surface area contributed by atoms with Crippen molar-refractivity contribution in [1.29, 1.82) is 0 Å². The highest BCUT2D eigenvalue weighted by Gasteiger charge is 2.39. The molecule has 2 N–H and O–H groups in total. The average molecular weight is 230 g/mol. The number of amides is 1. The molecule has 0 aliphatic rings. The van der Waals surface area contributed by atoms with Crippen LogP contribution in [-0.2, 0) is 4.79 Å². The number of carbonyl (C=O) groups is 1. The summed E-state index contributed by atoms with van der Waals surface area (Å²) in [6, 6.07) is 0. The van der Waals surface area contributed by atoms with Crippen molar-refractivity contribution in [3.63, 3.8) is 0 Å². The molecule has 0 atom stereocenters. The lowest BCUT2D eigenvalue weighted by atomic mass is 9.97. The maximum atomic E-state index is 11.9. The van der Waals surface area contributed by atoms with E-state index in [0.29, 0.717) is 6.54 Å². The Morgan fingerprint density at radius 2 is 1.75 bits per heavy atom. The van der Waals surface area contributed by atoms with Crippen molar-refractivity contribution in [2.75, 3.05) is 6.54 Å². The highest BCUT2D eigenvalue weighted by atomic mass is 16.5. The van der Waals surface area contributed by atoms with Crippen LogP contribution >= 0.6 is 0 Å². The molecule has 4 nitrogen and oxygen atoms in total. The molecule has 0 bridgehead atoms. The number of nitrogens with one attached hydrogen (secondary N) is 1. The van der Waals surface area contributed by atoms with Crippen LogP contribution in [0.5, 0.6) is 0 Å². The minimum absolute atomic E-state index is 0.140. The lowest BCUT2D eigenvalue weighted by Crippen LogP contribution is -2.59. The van der Waals surface area contributed by atoms with Crippen LogP contribution in [0, 0.1) is 0 Å². The number of hydrogen-bond donors (Lipinski definition) is 2. The fraction of sp³-hybridized carbons (Fsp3) is 0.917. The predicted molar refractivity (Wildman–Crippen MR) is 65.4 cm³/mol. The molecule has 0 spiro atoms. The van der Waals surface area contributed by atoms with Gasteiger partial charge in [0.1, 0.15) is 5.54 Å². The van der Waals surface area contributed by atoms with Gasteiger partial charge >= 0.3 is 0 Å².